The molecule has 0 fully saturated rings. The Morgan fingerprint density at radius 3 is 2.23 bits per heavy atom. The smallest absolute Gasteiger partial charge is 0.251 e. The molecular formula is C18H28N2O2. The molecular weight excluding hydrogens is 276 g/mol. The van der Waals surface area contributed by atoms with Gasteiger partial charge in [-0.25, -0.2) is 0 Å². The van der Waals surface area contributed by atoms with Gasteiger partial charge < -0.3 is 10.6 Å². The van der Waals surface area contributed by atoms with E-state index in [4.69, 9.17) is 0 Å². The maximum Gasteiger partial charge on any atom is 0.251 e. The van der Waals surface area contributed by atoms with Crippen molar-refractivity contribution >= 4 is 11.8 Å². The summed E-state index contributed by atoms with van der Waals surface area (Å²) in [5.74, 6) is -0.369. The van der Waals surface area contributed by atoms with Crippen molar-refractivity contribution in [1.29, 1.82) is 0 Å². The summed E-state index contributed by atoms with van der Waals surface area (Å²) in [7, 11) is 0. The highest BCUT2D eigenvalue weighted by molar-refractivity contribution is 5.97. The third-order valence-electron chi connectivity index (χ3n) is 3.58. The maximum atomic E-state index is 12.2. The molecule has 1 aromatic carbocycles. The van der Waals surface area contributed by atoms with Crippen molar-refractivity contribution in [2.24, 2.45) is 0 Å². The first-order chi connectivity index (χ1) is 10.3. The number of nitrogens with one attached hydrogen (secondary N) is 2. The van der Waals surface area contributed by atoms with Crippen molar-refractivity contribution in [3.05, 3.63) is 35.4 Å². The lowest BCUT2D eigenvalue weighted by atomic mass is 9.86. The molecule has 0 heterocycles. The Kier molecular flexibility index (Phi) is 6.60. The topological polar surface area (TPSA) is 58.2 Å². The molecule has 0 saturated heterocycles. The molecule has 0 aliphatic rings. The van der Waals surface area contributed by atoms with E-state index in [2.05, 4.69) is 38.3 Å². The highest BCUT2D eigenvalue weighted by atomic mass is 16.2. The zero-order chi connectivity index (χ0) is 16.8. The molecule has 1 atom stereocenters. The first-order valence-corrected chi connectivity index (χ1v) is 7.94. The fourth-order valence-corrected chi connectivity index (χ4v) is 2.01. The van der Waals surface area contributed by atoms with Crippen LogP contribution in [0.4, 0.5) is 0 Å². The number of carbonyl (C=O) groups is 2. The van der Waals surface area contributed by atoms with E-state index in [0.717, 1.165) is 12.8 Å². The molecule has 0 aromatic heterocycles. The van der Waals surface area contributed by atoms with Crippen molar-refractivity contribution in [2.45, 2.75) is 58.9 Å². The Bertz CT molecular complexity index is 501. The summed E-state index contributed by atoms with van der Waals surface area (Å²) in [5.41, 5.74) is 1.80. The third-order valence-corrected chi connectivity index (χ3v) is 3.58. The molecule has 2 N–H and O–H groups in total. The lowest BCUT2D eigenvalue weighted by molar-refractivity contribution is -0.122. The molecule has 0 saturated carbocycles. The van der Waals surface area contributed by atoms with Gasteiger partial charge >= 0.3 is 0 Å². The van der Waals surface area contributed by atoms with E-state index in [9.17, 15) is 9.59 Å². The molecule has 2 amide bonds. The number of carbonyl (C=O) groups excluding carboxylic acids is 2. The van der Waals surface area contributed by atoms with Crippen LogP contribution in [-0.2, 0) is 10.2 Å². The Hall–Kier alpha value is -1.84. The van der Waals surface area contributed by atoms with E-state index in [0.29, 0.717) is 12.1 Å². The summed E-state index contributed by atoms with van der Waals surface area (Å²) in [6.07, 6.45) is 1.97. The quantitative estimate of drug-likeness (QED) is 0.794. The van der Waals surface area contributed by atoms with E-state index < -0.39 is 6.04 Å². The van der Waals surface area contributed by atoms with E-state index in [1.165, 1.54) is 5.56 Å². The van der Waals surface area contributed by atoms with E-state index in [1.807, 2.05) is 12.1 Å². The molecule has 0 aliphatic carbocycles. The van der Waals surface area contributed by atoms with Gasteiger partial charge in [0.05, 0.1) is 0 Å². The van der Waals surface area contributed by atoms with Crippen LogP contribution in [0.25, 0.3) is 0 Å². The molecule has 22 heavy (non-hydrogen) atoms. The van der Waals surface area contributed by atoms with Crippen LogP contribution in [0.5, 0.6) is 0 Å². The van der Waals surface area contributed by atoms with Gasteiger partial charge in [-0.05, 0) is 36.5 Å². The lowest BCUT2D eigenvalue weighted by Gasteiger charge is -2.19. The largest absolute Gasteiger partial charge is 0.354 e. The monoisotopic (exact) mass is 304 g/mol. The normalized spacial score (nSPS) is 12.6. The Labute approximate surface area is 133 Å². The lowest BCUT2D eigenvalue weighted by Crippen LogP contribution is -2.45. The van der Waals surface area contributed by atoms with Crippen LogP contribution in [-0.4, -0.2) is 24.4 Å². The van der Waals surface area contributed by atoms with Gasteiger partial charge in [-0.1, -0.05) is 46.2 Å². The van der Waals surface area contributed by atoms with Crippen molar-refractivity contribution in [3.63, 3.8) is 0 Å². The summed E-state index contributed by atoms with van der Waals surface area (Å²) < 4.78 is 0. The van der Waals surface area contributed by atoms with Crippen LogP contribution in [0, 0.1) is 0 Å². The van der Waals surface area contributed by atoms with Gasteiger partial charge in [0.15, 0.2) is 0 Å². The van der Waals surface area contributed by atoms with E-state index in [1.54, 1.807) is 19.1 Å². The number of amides is 2. The molecule has 122 valence electrons. The fraction of sp³-hybridized carbons (Fsp3) is 0.556. The second-order valence-corrected chi connectivity index (χ2v) is 6.67. The Morgan fingerprint density at radius 2 is 1.73 bits per heavy atom. The highest BCUT2D eigenvalue weighted by Gasteiger charge is 2.17. The van der Waals surface area contributed by atoms with Crippen LogP contribution in [0.3, 0.4) is 0 Å². The Balaban J connectivity index is 2.59. The van der Waals surface area contributed by atoms with Crippen LogP contribution >= 0.6 is 0 Å². The molecule has 4 heteroatoms. The van der Waals surface area contributed by atoms with Gasteiger partial charge in [0.1, 0.15) is 6.04 Å². The SMILES string of the molecule is CCCCNC(=O)C(C)NC(=O)c1ccc(C(C)(C)C)cc1. The maximum absolute atomic E-state index is 12.2. The number of unbranched alkanes of at least 4 members (excludes halogenated alkanes) is 1. The minimum absolute atomic E-state index is 0.0570. The summed E-state index contributed by atoms with van der Waals surface area (Å²) >= 11 is 0. The predicted octanol–water partition coefficient (Wildman–Crippen LogP) is 3.02. The van der Waals surface area contributed by atoms with Crippen LogP contribution in [0.2, 0.25) is 0 Å². The van der Waals surface area contributed by atoms with E-state index >= 15 is 0 Å². The summed E-state index contributed by atoms with van der Waals surface area (Å²) in [5, 5.41) is 5.55. The highest BCUT2D eigenvalue weighted by Crippen LogP contribution is 2.22. The van der Waals surface area contributed by atoms with Crippen molar-refractivity contribution in [2.75, 3.05) is 6.54 Å². The van der Waals surface area contributed by atoms with Gasteiger partial charge in [0.2, 0.25) is 5.91 Å². The molecule has 1 aromatic rings. The second-order valence-electron chi connectivity index (χ2n) is 6.67. The van der Waals surface area contributed by atoms with Gasteiger partial charge in [-0.15, -0.1) is 0 Å². The van der Waals surface area contributed by atoms with Gasteiger partial charge in [-0.2, -0.15) is 0 Å². The van der Waals surface area contributed by atoms with Crippen LogP contribution in [0.1, 0.15) is 63.4 Å². The molecule has 0 aliphatic heterocycles. The third kappa shape index (κ3) is 5.51. The molecule has 0 radical (unpaired) electrons. The number of benzene rings is 1. The van der Waals surface area contributed by atoms with Crippen LogP contribution in [0.15, 0.2) is 24.3 Å². The summed E-state index contributed by atoms with van der Waals surface area (Å²) in [6.45, 7) is 10.8. The molecule has 1 rings (SSSR count). The number of rotatable bonds is 6. The molecule has 0 bridgehead atoms. The molecule has 4 nitrogen and oxygen atoms in total. The zero-order valence-corrected chi connectivity index (χ0v) is 14.3. The van der Waals surface area contributed by atoms with Crippen molar-refractivity contribution in [1.82, 2.24) is 10.6 Å². The first-order valence-electron chi connectivity index (χ1n) is 7.94. The van der Waals surface area contributed by atoms with Gasteiger partial charge in [0, 0.05) is 12.1 Å². The number of hydrogen-bond donors (Lipinski definition) is 2. The standard InChI is InChI=1S/C18H28N2O2/c1-6-7-12-19-16(21)13(2)20-17(22)14-8-10-15(11-9-14)18(3,4)5/h8-11,13H,6-7,12H2,1-5H3,(H,19,21)(H,20,22). The Morgan fingerprint density at radius 1 is 1.14 bits per heavy atom. The molecule has 0 spiro atoms. The minimum Gasteiger partial charge on any atom is -0.354 e. The fourth-order valence-electron chi connectivity index (χ4n) is 2.01. The molecule has 1 unspecified atom stereocenters. The second kappa shape index (κ2) is 7.97. The number of hydrogen-bond acceptors (Lipinski definition) is 2. The van der Waals surface area contributed by atoms with Crippen LogP contribution < -0.4 is 10.6 Å². The van der Waals surface area contributed by atoms with Crippen molar-refractivity contribution < 1.29 is 9.59 Å². The zero-order valence-electron chi connectivity index (χ0n) is 14.3. The minimum atomic E-state index is -0.536. The van der Waals surface area contributed by atoms with Gasteiger partial charge in [0.25, 0.3) is 5.91 Å². The van der Waals surface area contributed by atoms with E-state index in [-0.39, 0.29) is 17.2 Å². The summed E-state index contributed by atoms with van der Waals surface area (Å²) in [4.78, 5) is 24.0. The average Bonchev–Trinajstić information content (AvgIpc) is 2.46. The predicted molar refractivity (Wildman–Crippen MR) is 90.0 cm³/mol. The summed E-state index contributed by atoms with van der Waals surface area (Å²) in [6, 6.07) is 6.99. The van der Waals surface area contributed by atoms with Gasteiger partial charge in [-0.3, -0.25) is 9.59 Å². The first kappa shape index (κ1) is 18.2. The average molecular weight is 304 g/mol. The van der Waals surface area contributed by atoms with Crippen molar-refractivity contribution in [3.8, 4) is 0 Å².